The van der Waals surface area contributed by atoms with Gasteiger partial charge in [0.2, 0.25) is 11.0 Å². The molecule has 0 unspecified atom stereocenters. The highest BCUT2D eigenvalue weighted by Gasteiger charge is 2.28. The van der Waals surface area contributed by atoms with Crippen molar-refractivity contribution < 1.29 is 19.1 Å². The maximum atomic E-state index is 12.1. The third-order valence-electron chi connectivity index (χ3n) is 2.94. The minimum atomic E-state index is -0.392. The van der Waals surface area contributed by atoms with E-state index in [-0.39, 0.29) is 19.1 Å². The van der Waals surface area contributed by atoms with Crippen LogP contribution in [0.15, 0.2) is 18.3 Å². The molecule has 9 nitrogen and oxygen atoms in total. The zero-order valence-corrected chi connectivity index (χ0v) is 13.0. The zero-order chi connectivity index (χ0) is 16.2. The number of hydrogen-bond acceptors (Lipinski definition) is 8. The minimum absolute atomic E-state index is 0.122. The first-order valence-corrected chi connectivity index (χ1v) is 7.48. The SMILES string of the molecule is COCc1nnc(NC(=O)CN2C(=O)COc3cccnc32)s1. The zero-order valence-electron chi connectivity index (χ0n) is 12.2. The van der Waals surface area contributed by atoms with Gasteiger partial charge in [-0.3, -0.25) is 19.8 Å². The molecule has 3 heterocycles. The minimum Gasteiger partial charge on any atom is -0.480 e. The van der Waals surface area contributed by atoms with Gasteiger partial charge in [0.25, 0.3) is 5.91 Å². The molecule has 0 spiro atoms. The van der Waals surface area contributed by atoms with Crippen LogP contribution in [0.25, 0.3) is 0 Å². The van der Waals surface area contributed by atoms with Crippen molar-refractivity contribution in [3.05, 3.63) is 23.3 Å². The quantitative estimate of drug-likeness (QED) is 0.845. The van der Waals surface area contributed by atoms with E-state index in [4.69, 9.17) is 9.47 Å². The number of amides is 2. The van der Waals surface area contributed by atoms with E-state index in [1.807, 2.05) is 0 Å². The molecule has 0 saturated heterocycles. The van der Waals surface area contributed by atoms with E-state index in [2.05, 4.69) is 20.5 Å². The molecule has 0 aliphatic carbocycles. The smallest absolute Gasteiger partial charge is 0.266 e. The molecule has 1 N–H and O–H groups in total. The van der Waals surface area contributed by atoms with Crippen LogP contribution in [-0.4, -0.2) is 47.3 Å². The van der Waals surface area contributed by atoms with Crippen LogP contribution in [0, 0.1) is 0 Å². The average molecular weight is 335 g/mol. The number of ether oxygens (including phenoxy) is 2. The lowest BCUT2D eigenvalue weighted by Gasteiger charge is -2.27. The number of nitrogens with zero attached hydrogens (tertiary/aromatic N) is 4. The molecular weight excluding hydrogens is 322 g/mol. The molecule has 2 aromatic heterocycles. The Balaban J connectivity index is 1.68. The Bertz CT molecular complexity index is 735. The molecule has 23 heavy (non-hydrogen) atoms. The summed E-state index contributed by atoms with van der Waals surface area (Å²) < 4.78 is 10.2. The maximum absolute atomic E-state index is 12.1. The highest BCUT2D eigenvalue weighted by Crippen LogP contribution is 2.28. The van der Waals surface area contributed by atoms with Gasteiger partial charge in [-0.2, -0.15) is 0 Å². The first kappa shape index (κ1) is 15.3. The maximum Gasteiger partial charge on any atom is 0.266 e. The predicted molar refractivity (Wildman–Crippen MR) is 81.3 cm³/mol. The molecule has 10 heteroatoms. The number of aromatic nitrogens is 3. The fraction of sp³-hybridized carbons (Fsp3) is 0.308. The lowest BCUT2D eigenvalue weighted by Crippen LogP contribution is -2.43. The summed E-state index contributed by atoms with van der Waals surface area (Å²) in [5, 5.41) is 11.3. The van der Waals surface area contributed by atoms with Crippen LogP contribution >= 0.6 is 11.3 Å². The van der Waals surface area contributed by atoms with Gasteiger partial charge in [0.15, 0.2) is 18.2 Å². The van der Waals surface area contributed by atoms with Crippen LogP contribution < -0.4 is 15.0 Å². The summed E-state index contributed by atoms with van der Waals surface area (Å²) in [6, 6.07) is 3.40. The number of hydrogen-bond donors (Lipinski definition) is 1. The molecule has 2 amide bonds. The Labute approximate surface area is 135 Å². The van der Waals surface area contributed by atoms with Gasteiger partial charge in [0.1, 0.15) is 18.2 Å². The van der Waals surface area contributed by atoms with Crippen LogP contribution in [0.3, 0.4) is 0 Å². The van der Waals surface area contributed by atoms with Crippen molar-refractivity contribution in [2.75, 3.05) is 30.5 Å². The standard InChI is InChI=1S/C13H13N5O4S/c1-21-6-10-16-17-13(23-10)15-9(19)5-18-11(20)7-22-8-3-2-4-14-12(8)18/h2-4H,5-7H2,1H3,(H,15,17,19). The number of fused-ring (bicyclic) bond motifs is 1. The number of anilines is 2. The summed E-state index contributed by atoms with van der Waals surface area (Å²) >= 11 is 1.21. The van der Waals surface area contributed by atoms with Gasteiger partial charge in [0, 0.05) is 13.3 Å². The molecule has 2 aromatic rings. The lowest BCUT2D eigenvalue weighted by atomic mass is 10.3. The fourth-order valence-corrected chi connectivity index (χ4v) is 2.71. The summed E-state index contributed by atoms with van der Waals surface area (Å²) in [6.07, 6.45) is 1.54. The highest BCUT2D eigenvalue weighted by molar-refractivity contribution is 7.15. The second-order valence-corrected chi connectivity index (χ2v) is 5.64. The molecule has 1 aliphatic rings. The van der Waals surface area contributed by atoms with E-state index < -0.39 is 5.91 Å². The normalized spacial score (nSPS) is 13.4. The Hall–Kier alpha value is -2.59. The Kier molecular flexibility index (Phi) is 4.44. The van der Waals surface area contributed by atoms with Gasteiger partial charge in [-0.15, -0.1) is 10.2 Å². The second kappa shape index (κ2) is 6.67. The van der Waals surface area contributed by atoms with Crippen molar-refractivity contribution in [2.45, 2.75) is 6.61 Å². The number of carbonyl (C=O) groups is 2. The second-order valence-electron chi connectivity index (χ2n) is 4.58. The monoisotopic (exact) mass is 335 g/mol. The molecular formula is C13H13N5O4S. The summed E-state index contributed by atoms with van der Waals surface area (Å²) in [5.74, 6) is 0.0788. The van der Waals surface area contributed by atoms with Crippen LogP contribution in [0.4, 0.5) is 10.9 Å². The largest absolute Gasteiger partial charge is 0.480 e. The average Bonchev–Trinajstić information content (AvgIpc) is 2.97. The third kappa shape index (κ3) is 3.43. The van der Waals surface area contributed by atoms with E-state index >= 15 is 0 Å². The first-order valence-electron chi connectivity index (χ1n) is 6.66. The van der Waals surface area contributed by atoms with Crippen LogP contribution in [0.5, 0.6) is 5.75 Å². The molecule has 0 radical (unpaired) electrons. The number of carbonyl (C=O) groups excluding carboxylic acids is 2. The van der Waals surface area contributed by atoms with Gasteiger partial charge in [-0.25, -0.2) is 4.98 Å². The summed E-state index contributed by atoms with van der Waals surface area (Å²) in [5.41, 5.74) is 0. The number of pyridine rings is 1. The summed E-state index contributed by atoms with van der Waals surface area (Å²) in [7, 11) is 1.55. The van der Waals surface area contributed by atoms with Gasteiger partial charge in [-0.05, 0) is 12.1 Å². The topological polar surface area (TPSA) is 107 Å². The highest BCUT2D eigenvalue weighted by atomic mass is 32.1. The molecule has 0 saturated carbocycles. The van der Waals surface area contributed by atoms with E-state index in [1.165, 1.54) is 22.4 Å². The van der Waals surface area contributed by atoms with Crippen molar-refractivity contribution in [1.29, 1.82) is 0 Å². The lowest BCUT2D eigenvalue weighted by molar-refractivity contribution is -0.123. The molecule has 0 fully saturated rings. The fourth-order valence-electron chi connectivity index (χ4n) is 1.98. The number of nitrogens with one attached hydrogen (secondary N) is 1. The third-order valence-corrected chi connectivity index (χ3v) is 3.75. The van der Waals surface area contributed by atoms with Gasteiger partial charge in [-0.1, -0.05) is 11.3 Å². The molecule has 0 atom stereocenters. The van der Waals surface area contributed by atoms with E-state index in [9.17, 15) is 9.59 Å². The van der Waals surface area contributed by atoms with Crippen molar-refractivity contribution in [2.24, 2.45) is 0 Å². The Morgan fingerprint density at radius 1 is 1.52 bits per heavy atom. The van der Waals surface area contributed by atoms with Crippen molar-refractivity contribution >= 4 is 34.1 Å². The molecule has 0 bridgehead atoms. The number of methoxy groups -OCH3 is 1. The Morgan fingerprint density at radius 2 is 2.39 bits per heavy atom. The van der Waals surface area contributed by atoms with E-state index in [0.717, 1.165) is 0 Å². The van der Waals surface area contributed by atoms with Crippen LogP contribution in [0.1, 0.15) is 5.01 Å². The summed E-state index contributed by atoms with van der Waals surface area (Å²) in [4.78, 5) is 29.5. The van der Waals surface area contributed by atoms with Gasteiger partial charge in [0.05, 0.1) is 0 Å². The van der Waals surface area contributed by atoms with E-state index in [1.54, 1.807) is 19.2 Å². The number of rotatable bonds is 5. The van der Waals surface area contributed by atoms with Crippen molar-refractivity contribution in [3.8, 4) is 5.75 Å². The molecule has 1 aliphatic heterocycles. The van der Waals surface area contributed by atoms with Crippen molar-refractivity contribution in [1.82, 2.24) is 15.2 Å². The van der Waals surface area contributed by atoms with Gasteiger partial charge < -0.3 is 9.47 Å². The molecule has 3 rings (SSSR count). The van der Waals surface area contributed by atoms with Crippen molar-refractivity contribution in [3.63, 3.8) is 0 Å². The van der Waals surface area contributed by atoms with Gasteiger partial charge >= 0.3 is 0 Å². The van der Waals surface area contributed by atoms with Crippen LogP contribution in [0.2, 0.25) is 0 Å². The molecule has 120 valence electrons. The van der Waals surface area contributed by atoms with E-state index in [0.29, 0.717) is 28.3 Å². The molecule has 0 aromatic carbocycles. The first-order chi connectivity index (χ1) is 11.2. The predicted octanol–water partition coefficient (Wildman–Crippen LogP) is 0.444. The summed E-state index contributed by atoms with van der Waals surface area (Å²) in [6.45, 7) is 0.0287. The van der Waals surface area contributed by atoms with Crippen LogP contribution in [-0.2, 0) is 20.9 Å². The Morgan fingerprint density at radius 3 is 3.22 bits per heavy atom.